The Morgan fingerprint density at radius 2 is 2.23 bits per heavy atom. The largest absolute Gasteiger partial charge is 0.361 e. The first kappa shape index (κ1) is 9.43. The van der Waals surface area contributed by atoms with E-state index < -0.39 is 9.84 Å². The van der Waals surface area contributed by atoms with Crippen LogP contribution < -0.4 is 5.32 Å². The molecule has 0 aliphatic carbocycles. The van der Waals surface area contributed by atoms with Gasteiger partial charge in [-0.3, -0.25) is 5.32 Å². The van der Waals surface area contributed by atoms with Crippen molar-refractivity contribution in [2.24, 2.45) is 5.92 Å². The average Bonchev–Trinajstić information content (AvgIpc) is 2.56. The van der Waals surface area contributed by atoms with Crippen LogP contribution in [0, 0.1) is 5.92 Å². The van der Waals surface area contributed by atoms with Gasteiger partial charge >= 0.3 is 0 Å². The molecule has 4 nitrogen and oxygen atoms in total. The molecular formula is C8H15NO3S. The zero-order valence-corrected chi connectivity index (χ0v) is 8.51. The molecule has 0 amide bonds. The Bertz CT molecular complexity index is 288. The van der Waals surface area contributed by atoms with Crippen LogP contribution in [0.3, 0.4) is 0 Å². The van der Waals surface area contributed by atoms with Crippen molar-refractivity contribution < 1.29 is 13.2 Å². The number of hydrogen-bond donors (Lipinski definition) is 1. The third-order valence-corrected chi connectivity index (χ3v) is 4.46. The van der Waals surface area contributed by atoms with Crippen LogP contribution in [-0.2, 0) is 14.6 Å². The maximum atomic E-state index is 11.2. The monoisotopic (exact) mass is 205 g/mol. The zero-order valence-electron chi connectivity index (χ0n) is 7.69. The SMILES string of the molecule is CC1COC(C2CCS(=O)(=O)C2)N1. The first-order valence-corrected chi connectivity index (χ1v) is 6.47. The van der Waals surface area contributed by atoms with E-state index in [4.69, 9.17) is 4.74 Å². The second kappa shape index (κ2) is 3.22. The standard InChI is InChI=1S/C8H15NO3S/c1-6-4-12-8(9-6)7-2-3-13(10,11)5-7/h6-9H,2-5H2,1H3. The molecule has 2 rings (SSSR count). The van der Waals surface area contributed by atoms with Crippen LogP contribution in [0.1, 0.15) is 13.3 Å². The van der Waals surface area contributed by atoms with E-state index in [1.807, 2.05) is 6.92 Å². The number of hydrogen-bond acceptors (Lipinski definition) is 4. The van der Waals surface area contributed by atoms with E-state index in [1.54, 1.807) is 0 Å². The molecule has 2 aliphatic heterocycles. The van der Waals surface area contributed by atoms with E-state index in [0.29, 0.717) is 18.4 Å². The molecule has 0 saturated carbocycles. The molecule has 0 aromatic carbocycles. The van der Waals surface area contributed by atoms with Crippen LogP contribution in [0.25, 0.3) is 0 Å². The Morgan fingerprint density at radius 3 is 2.69 bits per heavy atom. The van der Waals surface area contributed by atoms with Gasteiger partial charge < -0.3 is 4.74 Å². The molecule has 3 unspecified atom stereocenters. The highest BCUT2D eigenvalue weighted by atomic mass is 32.2. The maximum absolute atomic E-state index is 11.2. The Labute approximate surface area is 78.6 Å². The molecule has 2 aliphatic rings. The molecule has 0 aromatic rings. The summed E-state index contributed by atoms with van der Waals surface area (Å²) >= 11 is 0. The molecule has 0 bridgehead atoms. The first-order chi connectivity index (χ1) is 6.07. The molecule has 3 atom stereocenters. The van der Waals surface area contributed by atoms with Gasteiger partial charge in [-0.05, 0) is 13.3 Å². The lowest BCUT2D eigenvalue weighted by molar-refractivity contribution is 0.0606. The van der Waals surface area contributed by atoms with Crippen LogP contribution in [0.5, 0.6) is 0 Å². The minimum absolute atomic E-state index is 0.0349. The van der Waals surface area contributed by atoms with Gasteiger partial charge in [-0.1, -0.05) is 0 Å². The lowest BCUT2D eigenvalue weighted by Gasteiger charge is -2.16. The Hall–Kier alpha value is -0.130. The van der Waals surface area contributed by atoms with Gasteiger partial charge in [0.05, 0.1) is 18.1 Å². The van der Waals surface area contributed by atoms with Gasteiger partial charge in [0.1, 0.15) is 6.23 Å². The van der Waals surface area contributed by atoms with Crippen molar-refractivity contribution in [1.82, 2.24) is 5.32 Å². The van der Waals surface area contributed by atoms with Crippen molar-refractivity contribution in [2.75, 3.05) is 18.1 Å². The summed E-state index contributed by atoms with van der Waals surface area (Å²) in [4.78, 5) is 0. The summed E-state index contributed by atoms with van der Waals surface area (Å²) in [5.41, 5.74) is 0. The van der Waals surface area contributed by atoms with Crippen molar-refractivity contribution in [2.45, 2.75) is 25.6 Å². The fourth-order valence-electron chi connectivity index (χ4n) is 1.96. The van der Waals surface area contributed by atoms with E-state index in [2.05, 4.69) is 5.32 Å². The average molecular weight is 205 g/mol. The molecule has 2 heterocycles. The van der Waals surface area contributed by atoms with Gasteiger partial charge in [0.2, 0.25) is 0 Å². The van der Waals surface area contributed by atoms with Crippen LogP contribution >= 0.6 is 0 Å². The fourth-order valence-corrected chi connectivity index (χ4v) is 3.78. The minimum Gasteiger partial charge on any atom is -0.361 e. The molecule has 13 heavy (non-hydrogen) atoms. The molecule has 2 saturated heterocycles. The quantitative estimate of drug-likeness (QED) is 0.641. The van der Waals surface area contributed by atoms with Gasteiger partial charge in [-0.25, -0.2) is 8.42 Å². The second-order valence-corrected chi connectivity index (χ2v) is 6.21. The van der Waals surface area contributed by atoms with Crippen LogP contribution in [-0.4, -0.2) is 38.8 Å². The fraction of sp³-hybridized carbons (Fsp3) is 1.00. The van der Waals surface area contributed by atoms with Crippen LogP contribution in [0.2, 0.25) is 0 Å². The molecule has 0 spiro atoms. The molecule has 76 valence electrons. The third-order valence-electron chi connectivity index (χ3n) is 2.67. The number of ether oxygens (including phenoxy) is 1. The molecule has 0 aromatic heterocycles. The summed E-state index contributed by atoms with van der Waals surface area (Å²) < 4.78 is 27.9. The van der Waals surface area contributed by atoms with Crippen molar-refractivity contribution >= 4 is 9.84 Å². The lowest BCUT2D eigenvalue weighted by Crippen LogP contribution is -2.35. The summed E-state index contributed by atoms with van der Waals surface area (Å²) in [6, 6.07) is 0.355. The predicted octanol–water partition coefficient (Wildman–Crippen LogP) is -0.244. The summed E-state index contributed by atoms with van der Waals surface area (Å²) in [6.45, 7) is 2.74. The second-order valence-electron chi connectivity index (χ2n) is 3.98. The highest BCUT2D eigenvalue weighted by Crippen LogP contribution is 2.24. The van der Waals surface area contributed by atoms with Gasteiger partial charge in [-0.15, -0.1) is 0 Å². The number of sulfone groups is 1. The van der Waals surface area contributed by atoms with Gasteiger partial charge in [0.25, 0.3) is 0 Å². The smallest absolute Gasteiger partial charge is 0.150 e. The van der Waals surface area contributed by atoms with Crippen LogP contribution in [0.4, 0.5) is 0 Å². The molecule has 5 heteroatoms. The topological polar surface area (TPSA) is 55.4 Å². The molecular weight excluding hydrogens is 190 g/mol. The molecule has 2 fully saturated rings. The highest BCUT2D eigenvalue weighted by Gasteiger charge is 2.37. The highest BCUT2D eigenvalue weighted by molar-refractivity contribution is 7.91. The molecule has 0 radical (unpaired) electrons. The van der Waals surface area contributed by atoms with Crippen molar-refractivity contribution in [3.8, 4) is 0 Å². The van der Waals surface area contributed by atoms with E-state index >= 15 is 0 Å². The van der Waals surface area contributed by atoms with Gasteiger partial charge in [0.15, 0.2) is 9.84 Å². The third kappa shape index (κ3) is 2.03. The van der Waals surface area contributed by atoms with Crippen molar-refractivity contribution in [3.63, 3.8) is 0 Å². The Morgan fingerprint density at radius 1 is 1.46 bits per heavy atom. The molecule has 1 N–H and O–H groups in total. The number of nitrogens with one attached hydrogen (secondary N) is 1. The maximum Gasteiger partial charge on any atom is 0.150 e. The van der Waals surface area contributed by atoms with Crippen molar-refractivity contribution in [3.05, 3.63) is 0 Å². The van der Waals surface area contributed by atoms with E-state index in [-0.39, 0.29) is 17.9 Å². The van der Waals surface area contributed by atoms with Gasteiger partial charge in [-0.2, -0.15) is 0 Å². The first-order valence-electron chi connectivity index (χ1n) is 4.65. The van der Waals surface area contributed by atoms with E-state index in [0.717, 1.165) is 6.42 Å². The summed E-state index contributed by atoms with van der Waals surface area (Å²) in [5.74, 6) is 0.778. The Balaban J connectivity index is 1.97. The Kier molecular flexibility index (Phi) is 2.33. The van der Waals surface area contributed by atoms with E-state index in [1.165, 1.54) is 0 Å². The summed E-state index contributed by atoms with van der Waals surface area (Å²) in [5, 5.41) is 3.25. The normalized spacial score (nSPS) is 43.9. The summed E-state index contributed by atoms with van der Waals surface area (Å²) in [7, 11) is -2.77. The van der Waals surface area contributed by atoms with E-state index in [9.17, 15) is 8.42 Å². The lowest BCUT2D eigenvalue weighted by atomic mass is 10.1. The number of rotatable bonds is 1. The summed E-state index contributed by atoms with van der Waals surface area (Å²) in [6.07, 6.45) is 0.708. The zero-order chi connectivity index (χ0) is 9.47. The van der Waals surface area contributed by atoms with Crippen LogP contribution in [0.15, 0.2) is 0 Å². The van der Waals surface area contributed by atoms with Crippen molar-refractivity contribution in [1.29, 1.82) is 0 Å². The predicted molar refractivity (Wildman–Crippen MR) is 49.1 cm³/mol. The van der Waals surface area contributed by atoms with Gasteiger partial charge in [0, 0.05) is 12.0 Å². The minimum atomic E-state index is -2.77.